The summed E-state index contributed by atoms with van der Waals surface area (Å²) in [6.07, 6.45) is 5.86. The number of aromatic nitrogens is 3. The van der Waals surface area contributed by atoms with Gasteiger partial charge in [0.1, 0.15) is 16.3 Å². The Bertz CT molecular complexity index is 1190. The Labute approximate surface area is 160 Å². The summed E-state index contributed by atoms with van der Waals surface area (Å²) in [7, 11) is 0. The lowest BCUT2D eigenvalue weighted by atomic mass is 9.96. The molecular formula is C21H19N3O2S. The van der Waals surface area contributed by atoms with Gasteiger partial charge < -0.3 is 4.52 Å². The third-order valence-electron chi connectivity index (χ3n) is 5.30. The number of aryl methyl sites for hydroxylation is 2. The van der Waals surface area contributed by atoms with E-state index in [1.54, 1.807) is 22.2 Å². The molecule has 1 aliphatic rings. The molecule has 3 aromatic heterocycles. The predicted octanol–water partition coefficient (Wildman–Crippen LogP) is 4.35. The molecule has 3 heterocycles. The number of nitrogens with zero attached hydrogens (tertiary/aromatic N) is 3. The zero-order chi connectivity index (χ0) is 18.4. The SMILES string of the molecule is Cc1c(-c2ccccc2)sc2ncn(Cc3noc4c3CCCC4)c(=O)c12. The van der Waals surface area contributed by atoms with E-state index in [2.05, 4.69) is 22.3 Å². The Morgan fingerprint density at radius 3 is 2.85 bits per heavy atom. The lowest BCUT2D eigenvalue weighted by Crippen LogP contribution is -2.22. The van der Waals surface area contributed by atoms with E-state index in [1.165, 1.54) is 5.56 Å². The summed E-state index contributed by atoms with van der Waals surface area (Å²) in [6.45, 7) is 2.42. The zero-order valence-corrected chi connectivity index (χ0v) is 15.9. The molecule has 0 N–H and O–H groups in total. The molecule has 5 nitrogen and oxygen atoms in total. The van der Waals surface area contributed by atoms with E-state index in [0.717, 1.165) is 58.0 Å². The summed E-state index contributed by atoms with van der Waals surface area (Å²) in [4.78, 5) is 19.6. The molecule has 0 bridgehead atoms. The average Bonchev–Trinajstić information content (AvgIpc) is 3.26. The lowest BCUT2D eigenvalue weighted by Gasteiger charge is -2.10. The van der Waals surface area contributed by atoms with Gasteiger partial charge in [0, 0.05) is 16.9 Å². The Hall–Kier alpha value is -2.73. The van der Waals surface area contributed by atoms with Crippen molar-refractivity contribution in [1.82, 2.24) is 14.7 Å². The average molecular weight is 377 g/mol. The Balaban J connectivity index is 1.59. The molecule has 136 valence electrons. The van der Waals surface area contributed by atoms with Crippen LogP contribution in [0.1, 0.15) is 35.4 Å². The molecule has 0 fully saturated rings. The van der Waals surface area contributed by atoms with E-state index in [1.807, 2.05) is 25.1 Å². The minimum atomic E-state index is -0.0107. The maximum absolute atomic E-state index is 13.2. The van der Waals surface area contributed by atoms with Crippen LogP contribution in [-0.2, 0) is 19.4 Å². The Morgan fingerprint density at radius 1 is 1.19 bits per heavy atom. The van der Waals surface area contributed by atoms with E-state index in [-0.39, 0.29) is 5.56 Å². The van der Waals surface area contributed by atoms with Crippen LogP contribution in [0.3, 0.4) is 0 Å². The molecule has 0 atom stereocenters. The van der Waals surface area contributed by atoms with Gasteiger partial charge in [0.15, 0.2) is 0 Å². The van der Waals surface area contributed by atoms with Gasteiger partial charge in [0.05, 0.1) is 18.3 Å². The Kier molecular flexibility index (Phi) is 3.93. The van der Waals surface area contributed by atoms with Crippen molar-refractivity contribution in [2.75, 3.05) is 0 Å². The minimum Gasteiger partial charge on any atom is -0.361 e. The molecule has 4 aromatic rings. The number of hydrogen-bond acceptors (Lipinski definition) is 5. The van der Waals surface area contributed by atoms with Gasteiger partial charge in [0.2, 0.25) is 0 Å². The first kappa shape index (κ1) is 16.4. The second kappa shape index (κ2) is 6.46. The van der Waals surface area contributed by atoms with Crippen LogP contribution in [0.15, 0.2) is 46.0 Å². The van der Waals surface area contributed by atoms with Crippen LogP contribution in [0, 0.1) is 6.92 Å². The summed E-state index contributed by atoms with van der Waals surface area (Å²) in [5.74, 6) is 0.983. The van der Waals surface area contributed by atoms with Gasteiger partial charge in [-0.1, -0.05) is 35.5 Å². The van der Waals surface area contributed by atoms with E-state index in [0.29, 0.717) is 11.9 Å². The van der Waals surface area contributed by atoms with Crippen LogP contribution < -0.4 is 5.56 Å². The van der Waals surface area contributed by atoms with E-state index in [9.17, 15) is 4.79 Å². The van der Waals surface area contributed by atoms with Crippen LogP contribution in [0.25, 0.3) is 20.7 Å². The number of thiophene rings is 1. The molecule has 1 aliphatic carbocycles. The largest absolute Gasteiger partial charge is 0.361 e. The third-order valence-corrected chi connectivity index (χ3v) is 6.55. The molecule has 0 radical (unpaired) electrons. The Morgan fingerprint density at radius 2 is 2.00 bits per heavy atom. The van der Waals surface area contributed by atoms with E-state index >= 15 is 0 Å². The second-order valence-electron chi connectivity index (χ2n) is 7.02. The molecule has 0 spiro atoms. The van der Waals surface area contributed by atoms with Gasteiger partial charge in [-0.2, -0.15) is 0 Å². The first-order valence-electron chi connectivity index (χ1n) is 9.22. The second-order valence-corrected chi connectivity index (χ2v) is 8.02. The van der Waals surface area contributed by atoms with Crippen LogP contribution >= 0.6 is 11.3 Å². The number of rotatable bonds is 3. The van der Waals surface area contributed by atoms with Crippen molar-refractivity contribution in [3.63, 3.8) is 0 Å². The lowest BCUT2D eigenvalue weighted by molar-refractivity contribution is 0.367. The minimum absolute atomic E-state index is 0.0107. The van der Waals surface area contributed by atoms with Crippen molar-refractivity contribution in [1.29, 1.82) is 0 Å². The van der Waals surface area contributed by atoms with Gasteiger partial charge in [-0.25, -0.2) is 4.98 Å². The maximum Gasteiger partial charge on any atom is 0.262 e. The van der Waals surface area contributed by atoms with Crippen LogP contribution in [-0.4, -0.2) is 14.7 Å². The fourth-order valence-electron chi connectivity index (χ4n) is 3.87. The highest BCUT2D eigenvalue weighted by Crippen LogP contribution is 2.35. The van der Waals surface area contributed by atoms with Crippen LogP contribution in [0.2, 0.25) is 0 Å². The van der Waals surface area contributed by atoms with Crippen LogP contribution in [0.4, 0.5) is 0 Å². The molecule has 0 aliphatic heterocycles. The molecule has 0 amide bonds. The zero-order valence-electron chi connectivity index (χ0n) is 15.1. The van der Waals surface area contributed by atoms with Gasteiger partial charge in [-0.05, 0) is 37.3 Å². The molecule has 0 saturated heterocycles. The van der Waals surface area contributed by atoms with Crippen molar-refractivity contribution >= 4 is 21.6 Å². The normalized spacial score (nSPS) is 13.8. The first-order chi connectivity index (χ1) is 13.2. The van der Waals surface area contributed by atoms with Crippen molar-refractivity contribution in [3.8, 4) is 10.4 Å². The number of fused-ring (bicyclic) bond motifs is 2. The monoisotopic (exact) mass is 377 g/mol. The van der Waals surface area contributed by atoms with Gasteiger partial charge >= 0.3 is 0 Å². The highest BCUT2D eigenvalue weighted by atomic mass is 32.1. The summed E-state index contributed by atoms with van der Waals surface area (Å²) < 4.78 is 7.14. The quantitative estimate of drug-likeness (QED) is 0.533. The van der Waals surface area contributed by atoms with Crippen molar-refractivity contribution in [2.45, 2.75) is 39.2 Å². The van der Waals surface area contributed by atoms with Gasteiger partial charge in [0.25, 0.3) is 5.56 Å². The summed E-state index contributed by atoms with van der Waals surface area (Å²) in [6, 6.07) is 10.2. The highest BCUT2D eigenvalue weighted by molar-refractivity contribution is 7.22. The van der Waals surface area contributed by atoms with Crippen molar-refractivity contribution in [2.24, 2.45) is 0 Å². The summed E-state index contributed by atoms with van der Waals surface area (Å²) in [5.41, 5.74) is 4.15. The number of benzene rings is 1. The molecule has 0 unspecified atom stereocenters. The molecule has 1 aromatic carbocycles. The molecule has 5 rings (SSSR count). The molecule has 27 heavy (non-hydrogen) atoms. The van der Waals surface area contributed by atoms with E-state index < -0.39 is 0 Å². The summed E-state index contributed by atoms with van der Waals surface area (Å²) in [5, 5.41) is 4.94. The summed E-state index contributed by atoms with van der Waals surface area (Å²) >= 11 is 1.57. The van der Waals surface area contributed by atoms with Crippen molar-refractivity contribution < 1.29 is 4.52 Å². The number of hydrogen-bond donors (Lipinski definition) is 0. The highest BCUT2D eigenvalue weighted by Gasteiger charge is 2.21. The van der Waals surface area contributed by atoms with E-state index in [4.69, 9.17) is 4.52 Å². The fourth-order valence-corrected chi connectivity index (χ4v) is 5.02. The molecule has 0 saturated carbocycles. The van der Waals surface area contributed by atoms with Gasteiger partial charge in [-0.3, -0.25) is 9.36 Å². The first-order valence-corrected chi connectivity index (χ1v) is 10.0. The standard InChI is InChI=1S/C21H19N3O2S/c1-13-18-20(27-19(13)14-7-3-2-4-8-14)22-12-24(21(18)25)11-16-15-9-5-6-10-17(15)26-23-16/h2-4,7-8,12H,5-6,9-11H2,1H3. The smallest absolute Gasteiger partial charge is 0.262 e. The van der Waals surface area contributed by atoms with Crippen LogP contribution in [0.5, 0.6) is 0 Å². The van der Waals surface area contributed by atoms with Crippen molar-refractivity contribution in [3.05, 3.63) is 69.6 Å². The topological polar surface area (TPSA) is 60.9 Å². The maximum atomic E-state index is 13.2. The predicted molar refractivity (Wildman–Crippen MR) is 106 cm³/mol. The van der Waals surface area contributed by atoms with Gasteiger partial charge in [-0.15, -0.1) is 11.3 Å². The fraction of sp³-hybridized carbons (Fsp3) is 0.286. The molecule has 6 heteroatoms. The third kappa shape index (κ3) is 2.72. The molecular weight excluding hydrogens is 358 g/mol.